The molecule has 3 heteroatoms. The smallest absolute Gasteiger partial charge is 0.0672 e. The molecule has 2 aliphatic carbocycles. The average molecular weight is 208 g/mol. The van der Waals surface area contributed by atoms with Gasteiger partial charge in [-0.1, -0.05) is 6.42 Å². The summed E-state index contributed by atoms with van der Waals surface area (Å²) < 4.78 is 0. The topological polar surface area (TPSA) is 47.3 Å². The monoisotopic (exact) mass is 208 g/mol. The molecule has 2 aliphatic rings. The van der Waals surface area contributed by atoms with Crippen molar-refractivity contribution in [2.75, 3.05) is 13.6 Å². The van der Waals surface area contributed by atoms with Crippen molar-refractivity contribution in [1.29, 1.82) is 5.26 Å². The van der Waals surface area contributed by atoms with Crippen molar-refractivity contribution in [2.24, 2.45) is 11.8 Å². The second kappa shape index (κ2) is 4.51. The van der Waals surface area contributed by atoms with Gasteiger partial charge in [0.1, 0.15) is 0 Å². The summed E-state index contributed by atoms with van der Waals surface area (Å²) in [4.78, 5) is 2.34. The number of rotatable bonds is 3. The Morgan fingerprint density at radius 2 is 2.13 bits per heavy atom. The van der Waals surface area contributed by atoms with Crippen LogP contribution in [0.2, 0.25) is 0 Å². The molecule has 15 heavy (non-hydrogen) atoms. The van der Waals surface area contributed by atoms with Crippen molar-refractivity contribution < 1.29 is 5.11 Å². The molecule has 0 saturated heterocycles. The Morgan fingerprint density at radius 3 is 2.73 bits per heavy atom. The molecule has 2 unspecified atom stereocenters. The number of hydrogen-bond acceptors (Lipinski definition) is 3. The van der Waals surface area contributed by atoms with Gasteiger partial charge in [-0.3, -0.25) is 0 Å². The molecule has 0 radical (unpaired) electrons. The minimum atomic E-state index is -0.0567. The fraction of sp³-hybridized carbons (Fsp3) is 0.917. The van der Waals surface area contributed by atoms with E-state index in [4.69, 9.17) is 5.26 Å². The SMILES string of the molecule is CN(CC1CC(O)C1)C1CCCC1C#N. The van der Waals surface area contributed by atoms with E-state index in [1.165, 1.54) is 12.8 Å². The van der Waals surface area contributed by atoms with Crippen LogP contribution in [0.1, 0.15) is 32.1 Å². The van der Waals surface area contributed by atoms with Gasteiger partial charge in [0.2, 0.25) is 0 Å². The lowest BCUT2D eigenvalue weighted by Crippen LogP contribution is -2.42. The molecule has 0 aromatic rings. The quantitative estimate of drug-likeness (QED) is 0.762. The normalized spacial score (nSPS) is 40.1. The maximum atomic E-state index is 9.22. The molecule has 1 N–H and O–H groups in total. The molecule has 2 rings (SSSR count). The van der Waals surface area contributed by atoms with Gasteiger partial charge in [-0.25, -0.2) is 0 Å². The zero-order chi connectivity index (χ0) is 10.8. The van der Waals surface area contributed by atoms with Crippen LogP contribution in [0, 0.1) is 23.2 Å². The molecule has 0 spiro atoms. The molecule has 0 bridgehead atoms. The molecule has 0 amide bonds. The fourth-order valence-corrected chi connectivity index (χ4v) is 3.01. The largest absolute Gasteiger partial charge is 0.393 e. The molecule has 2 saturated carbocycles. The van der Waals surface area contributed by atoms with E-state index in [-0.39, 0.29) is 12.0 Å². The predicted molar refractivity (Wildman–Crippen MR) is 58.1 cm³/mol. The van der Waals surface area contributed by atoms with Crippen molar-refractivity contribution in [3.05, 3.63) is 0 Å². The van der Waals surface area contributed by atoms with Crippen molar-refractivity contribution in [3.63, 3.8) is 0 Å². The highest BCUT2D eigenvalue weighted by Crippen LogP contribution is 2.32. The zero-order valence-electron chi connectivity index (χ0n) is 9.39. The maximum Gasteiger partial charge on any atom is 0.0672 e. The Kier molecular flexibility index (Phi) is 3.28. The first kappa shape index (κ1) is 10.9. The van der Waals surface area contributed by atoms with Crippen molar-refractivity contribution >= 4 is 0 Å². The van der Waals surface area contributed by atoms with Crippen LogP contribution in [0.15, 0.2) is 0 Å². The summed E-state index contributed by atoms with van der Waals surface area (Å²) in [5.41, 5.74) is 0. The molecule has 3 nitrogen and oxygen atoms in total. The molecular formula is C12H20N2O. The second-order valence-corrected chi connectivity index (χ2v) is 5.16. The third kappa shape index (κ3) is 2.32. The van der Waals surface area contributed by atoms with E-state index >= 15 is 0 Å². The lowest BCUT2D eigenvalue weighted by molar-refractivity contribution is 0.0206. The van der Waals surface area contributed by atoms with Gasteiger partial charge in [0.25, 0.3) is 0 Å². The highest BCUT2D eigenvalue weighted by Gasteiger charge is 2.34. The van der Waals surface area contributed by atoms with E-state index in [0.29, 0.717) is 12.0 Å². The van der Waals surface area contributed by atoms with Gasteiger partial charge < -0.3 is 10.0 Å². The van der Waals surface area contributed by atoms with Crippen LogP contribution in [0.4, 0.5) is 0 Å². The first-order valence-corrected chi connectivity index (χ1v) is 5.98. The Morgan fingerprint density at radius 1 is 1.40 bits per heavy atom. The maximum absolute atomic E-state index is 9.22. The number of nitriles is 1. The van der Waals surface area contributed by atoms with Crippen LogP contribution in [-0.4, -0.2) is 35.7 Å². The highest BCUT2D eigenvalue weighted by molar-refractivity contribution is 4.97. The van der Waals surface area contributed by atoms with Crippen LogP contribution >= 0.6 is 0 Å². The number of aliphatic hydroxyl groups is 1. The Bertz CT molecular complexity index is 255. The Hall–Kier alpha value is -0.590. The van der Waals surface area contributed by atoms with E-state index in [2.05, 4.69) is 18.0 Å². The zero-order valence-corrected chi connectivity index (χ0v) is 9.39. The number of aliphatic hydroxyl groups excluding tert-OH is 1. The van der Waals surface area contributed by atoms with E-state index < -0.39 is 0 Å². The summed E-state index contributed by atoms with van der Waals surface area (Å²) in [6.45, 7) is 1.06. The molecule has 0 aromatic carbocycles. The van der Waals surface area contributed by atoms with Gasteiger partial charge in [0, 0.05) is 12.6 Å². The Balaban J connectivity index is 1.80. The van der Waals surface area contributed by atoms with E-state index in [1.807, 2.05) is 0 Å². The van der Waals surface area contributed by atoms with Crippen LogP contribution < -0.4 is 0 Å². The molecule has 0 heterocycles. The van der Waals surface area contributed by atoms with Gasteiger partial charge in [0.15, 0.2) is 0 Å². The molecule has 0 aromatic heterocycles. The van der Waals surface area contributed by atoms with Crippen LogP contribution in [0.25, 0.3) is 0 Å². The molecule has 84 valence electrons. The van der Waals surface area contributed by atoms with Gasteiger partial charge in [-0.2, -0.15) is 5.26 Å². The van der Waals surface area contributed by atoms with Gasteiger partial charge >= 0.3 is 0 Å². The van der Waals surface area contributed by atoms with Crippen LogP contribution in [-0.2, 0) is 0 Å². The minimum Gasteiger partial charge on any atom is -0.393 e. The summed E-state index contributed by atoms with van der Waals surface area (Å²) in [6.07, 6.45) is 5.28. The number of hydrogen-bond donors (Lipinski definition) is 1. The van der Waals surface area contributed by atoms with E-state index in [0.717, 1.165) is 25.8 Å². The molecular weight excluding hydrogens is 188 g/mol. The van der Waals surface area contributed by atoms with Crippen LogP contribution in [0.5, 0.6) is 0 Å². The van der Waals surface area contributed by atoms with Gasteiger partial charge in [-0.05, 0) is 38.6 Å². The third-order valence-electron chi connectivity index (χ3n) is 3.97. The summed E-state index contributed by atoms with van der Waals surface area (Å²) in [6, 6.07) is 2.89. The third-order valence-corrected chi connectivity index (χ3v) is 3.97. The Labute approximate surface area is 91.7 Å². The first-order chi connectivity index (χ1) is 7.20. The first-order valence-electron chi connectivity index (χ1n) is 5.98. The van der Waals surface area contributed by atoms with Crippen molar-refractivity contribution in [1.82, 2.24) is 4.90 Å². The second-order valence-electron chi connectivity index (χ2n) is 5.16. The van der Waals surface area contributed by atoms with Crippen LogP contribution in [0.3, 0.4) is 0 Å². The summed E-state index contributed by atoms with van der Waals surface area (Å²) in [5.74, 6) is 0.893. The summed E-state index contributed by atoms with van der Waals surface area (Å²) >= 11 is 0. The van der Waals surface area contributed by atoms with Gasteiger partial charge in [-0.15, -0.1) is 0 Å². The summed E-state index contributed by atoms with van der Waals surface area (Å²) in [5, 5.41) is 18.2. The fourth-order valence-electron chi connectivity index (χ4n) is 3.01. The van der Waals surface area contributed by atoms with Crippen molar-refractivity contribution in [3.8, 4) is 6.07 Å². The minimum absolute atomic E-state index is 0.0567. The van der Waals surface area contributed by atoms with Crippen molar-refractivity contribution in [2.45, 2.75) is 44.2 Å². The standard InChI is InChI=1S/C12H20N2O/c1-14(8-9-5-11(15)6-9)12-4-2-3-10(12)7-13/h9-12,15H,2-6,8H2,1H3. The van der Waals surface area contributed by atoms with E-state index in [1.54, 1.807) is 0 Å². The van der Waals surface area contributed by atoms with E-state index in [9.17, 15) is 5.11 Å². The molecule has 2 atom stereocenters. The lowest BCUT2D eigenvalue weighted by Gasteiger charge is -2.37. The summed E-state index contributed by atoms with van der Waals surface area (Å²) in [7, 11) is 2.13. The highest BCUT2D eigenvalue weighted by atomic mass is 16.3. The molecule has 0 aliphatic heterocycles. The predicted octanol–water partition coefficient (Wildman–Crippen LogP) is 1.38. The lowest BCUT2D eigenvalue weighted by atomic mass is 9.82. The van der Waals surface area contributed by atoms with Gasteiger partial charge in [0.05, 0.1) is 18.1 Å². The average Bonchev–Trinajstić information content (AvgIpc) is 2.62. The number of nitrogens with zero attached hydrogens (tertiary/aromatic N) is 2. The molecule has 2 fully saturated rings.